The summed E-state index contributed by atoms with van der Waals surface area (Å²) < 4.78 is 5.29. The third-order valence-corrected chi connectivity index (χ3v) is 4.93. The van der Waals surface area contributed by atoms with Crippen molar-refractivity contribution >= 4 is 29.0 Å². The maximum atomic E-state index is 13.1. The Labute approximate surface area is 180 Å². The van der Waals surface area contributed by atoms with Gasteiger partial charge in [0.25, 0.3) is 0 Å². The van der Waals surface area contributed by atoms with E-state index >= 15 is 0 Å². The monoisotopic (exact) mass is 414 g/mol. The van der Waals surface area contributed by atoms with Gasteiger partial charge in [0.05, 0.1) is 19.2 Å². The fraction of sp³-hybridized carbons (Fsp3) is 0.167. The normalized spacial score (nSPS) is 13.1. The number of ether oxygens (including phenoxy) is 1. The minimum atomic E-state index is -0.265. The minimum absolute atomic E-state index is 0.0511. The number of methoxy groups -OCH3 is 1. The molecule has 0 saturated heterocycles. The van der Waals surface area contributed by atoms with Crippen LogP contribution in [-0.4, -0.2) is 36.2 Å². The summed E-state index contributed by atoms with van der Waals surface area (Å²) in [5.74, 6) is 0.549. The molecule has 4 rings (SSSR count). The van der Waals surface area contributed by atoms with Gasteiger partial charge in [-0.25, -0.2) is 9.98 Å². The average molecular weight is 414 g/mol. The summed E-state index contributed by atoms with van der Waals surface area (Å²) in [5, 5.41) is 2.86. The molecule has 7 nitrogen and oxygen atoms in total. The molecular formula is C24H22N4O3. The molecule has 0 fully saturated rings. The van der Waals surface area contributed by atoms with Gasteiger partial charge in [-0.15, -0.1) is 0 Å². The van der Waals surface area contributed by atoms with Gasteiger partial charge in [0.1, 0.15) is 18.0 Å². The smallest absolute Gasteiger partial charge is 0.240 e. The Morgan fingerprint density at radius 1 is 1.10 bits per heavy atom. The Kier molecular flexibility index (Phi) is 6.03. The Balaban J connectivity index is 1.56. The second-order valence-corrected chi connectivity index (χ2v) is 7.06. The van der Waals surface area contributed by atoms with Crippen molar-refractivity contribution in [3.8, 4) is 5.75 Å². The minimum Gasteiger partial charge on any atom is -0.497 e. The summed E-state index contributed by atoms with van der Waals surface area (Å²) in [6, 6.07) is 20.6. The van der Waals surface area contributed by atoms with Crippen molar-refractivity contribution in [1.82, 2.24) is 10.3 Å². The molecule has 0 radical (unpaired) electrons. The van der Waals surface area contributed by atoms with Gasteiger partial charge in [-0.3, -0.25) is 14.5 Å². The predicted molar refractivity (Wildman–Crippen MR) is 119 cm³/mol. The van der Waals surface area contributed by atoms with Crippen LogP contribution < -0.4 is 15.0 Å². The molecule has 1 aromatic heterocycles. The van der Waals surface area contributed by atoms with E-state index in [1.165, 1.54) is 4.90 Å². The molecule has 7 heteroatoms. The number of anilines is 1. The summed E-state index contributed by atoms with van der Waals surface area (Å²) >= 11 is 0. The van der Waals surface area contributed by atoms with Gasteiger partial charge >= 0.3 is 0 Å². The largest absolute Gasteiger partial charge is 0.497 e. The lowest BCUT2D eigenvalue weighted by atomic mass is 10.1. The van der Waals surface area contributed by atoms with Crippen LogP contribution in [0.5, 0.6) is 5.75 Å². The van der Waals surface area contributed by atoms with Crippen LogP contribution in [0.15, 0.2) is 77.9 Å². The fourth-order valence-electron chi connectivity index (χ4n) is 3.35. The van der Waals surface area contributed by atoms with Gasteiger partial charge in [0, 0.05) is 18.3 Å². The number of aromatic nitrogens is 1. The predicted octanol–water partition coefficient (Wildman–Crippen LogP) is 3.26. The summed E-state index contributed by atoms with van der Waals surface area (Å²) in [4.78, 5) is 36.1. The van der Waals surface area contributed by atoms with Crippen molar-refractivity contribution in [2.24, 2.45) is 4.99 Å². The van der Waals surface area contributed by atoms with Crippen LogP contribution >= 0.6 is 0 Å². The van der Waals surface area contributed by atoms with E-state index in [2.05, 4.69) is 10.3 Å². The van der Waals surface area contributed by atoms with Crippen molar-refractivity contribution in [3.63, 3.8) is 0 Å². The maximum absolute atomic E-state index is 13.1. The SMILES string of the molecule is COc1cccc(C2=Nc3cccnc3N(CC(=O)NCc3ccccc3)C(=O)C2)c1. The van der Waals surface area contributed by atoms with Crippen LogP contribution in [0.3, 0.4) is 0 Å². The van der Waals surface area contributed by atoms with Crippen LogP contribution in [-0.2, 0) is 16.1 Å². The summed E-state index contributed by atoms with van der Waals surface area (Å²) in [7, 11) is 1.59. The van der Waals surface area contributed by atoms with E-state index in [4.69, 9.17) is 9.73 Å². The molecular weight excluding hydrogens is 392 g/mol. The van der Waals surface area contributed by atoms with Gasteiger partial charge in [-0.05, 0) is 29.8 Å². The van der Waals surface area contributed by atoms with Crippen LogP contribution in [0, 0.1) is 0 Å². The molecule has 0 aliphatic carbocycles. The number of amides is 2. The maximum Gasteiger partial charge on any atom is 0.240 e. The molecule has 1 N–H and O–H groups in total. The van der Waals surface area contributed by atoms with E-state index in [1.807, 2.05) is 54.6 Å². The number of nitrogens with zero attached hydrogens (tertiary/aromatic N) is 3. The first-order valence-electron chi connectivity index (χ1n) is 9.92. The summed E-state index contributed by atoms with van der Waals surface area (Å²) in [6.45, 7) is 0.263. The third kappa shape index (κ3) is 4.78. The first kappa shape index (κ1) is 20.3. The van der Waals surface area contributed by atoms with Gasteiger partial charge in [0.15, 0.2) is 5.82 Å². The molecule has 3 aromatic rings. The van der Waals surface area contributed by atoms with Crippen molar-refractivity contribution in [3.05, 3.63) is 84.1 Å². The molecule has 2 heterocycles. The lowest BCUT2D eigenvalue weighted by Gasteiger charge is -2.20. The number of rotatable bonds is 6. The second kappa shape index (κ2) is 9.21. The topological polar surface area (TPSA) is 83.9 Å². The summed E-state index contributed by atoms with van der Waals surface area (Å²) in [5.41, 5.74) is 2.92. The molecule has 0 spiro atoms. The Morgan fingerprint density at radius 2 is 1.94 bits per heavy atom. The van der Waals surface area contributed by atoms with E-state index in [1.54, 1.807) is 25.4 Å². The molecule has 2 amide bonds. The highest BCUT2D eigenvalue weighted by atomic mass is 16.5. The Morgan fingerprint density at radius 3 is 2.74 bits per heavy atom. The van der Waals surface area contributed by atoms with E-state index in [0.29, 0.717) is 29.5 Å². The Hall–Kier alpha value is -4.00. The zero-order chi connectivity index (χ0) is 21.6. The molecule has 2 aromatic carbocycles. The number of aliphatic imine (C=N–C) groups is 1. The lowest BCUT2D eigenvalue weighted by molar-refractivity contribution is -0.123. The van der Waals surface area contributed by atoms with Crippen molar-refractivity contribution in [2.75, 3.05) is 18.6 Å². The Bertz CT molecular complexity index is 1130. The summed E-state index contributed by atoms with van der Waals surface area (Å²) in [6.07, 6.45) is 1.64. The van der Waals surface area contributed by atoms with Crippen molar-refractivity contribution in [2.45, 2.75) is 13.0 Å². The number of hydrogen-bond donors (Lipinski definition) is 1. The molecule has 0 unspecified atom stereocenters. The van der Waals surface area contributed by atoms with Crippen LogP contribution in [0.1, 0.15) is 17.5 Å². The number of nitrogens with one attached hydrogen (secondary N) is 1. The van der Waals surface area contributed by atoms with Crippen LogP contribution in [0.4, 0.5) is 11.5 Å². The lowest BCUT2D eigenvalue weighted by Crippen LogP contribution is -2.41. The highest BCUT2D eigenvalue weighted by Gasteiger charge is 2.27. The molecule has 156 valence electrons. The first-order chi connectivity index (χ1) is 15.1. The third-order valence-electron chi connectivity index (χ3n) is 4.93. The number of pyridine rings is 1. The van der Waals surface area contributed by atoms with Gasteiger partial charge in [-0.2, -0.15) is 0 Å². The van der Waals surface area contributed by atoms with E-state index < -0.39 is 0 Å². The van der Waals surface area contributed by atoms with E-state index in [0.717, 1.165) is 11.1 Å². The number of hydrogen-bond acceptors (Lipinski definition) is 5. The molecule has 0 bridgehead atoms. The van der Waals surface area contributed by atoms with Gasteiger partial charge < -0.3 is 10.1 Å². The van der Waals surface area contributed by atoms with Crippen molar-refractivity contribution in [1.29, 1.82) is 0 Å². The highest BCUT2D eigenvalue weighted by molar-refractivity contribution is 6.18. The van der Waals surface area contributed by atoms with Gasteiger partial charge in [-0.1, -0.05) is 42.5 Å². The number of carbonyl (C=O) groups is 2. The average Bonchev–Trinajstić information content (AvgIpc) is 2.95. The standard InChI is InChI=1S/C24H22N4O3/c1-31-19-10-5-9-18(13-19)21-14-23(30)28(24-20(27-21)11-6-12-25-24)16-22(29)26-15-17-7-3-2-4-8-17/h2-13H,14-16H2,1H3,(H,26,29). The highest BCUT2D eigenvalue weighted by Crippen LogP contribution is 2.31. The fourth-order valence-corrected chi connectivity index (χ4v) is 3.35. The van der Waals surface area contributed by atoms with E-state index in [9.17, 15) is 9.59 Å². The van der Waals surface area contributed by atoms with Crippen LogP contribution in [0.25, 0.3) is 0 Å². The zero-order valence-corrected chi connectivity index (χ0v) is 17.1. The number of benzene rings is 2. The first-order valence-corrected chi connectivity index (χ1v) is 9.92. The molecule has 0 atom stereocenters. The molecule has 1 aliphatic rings. The zero-order valence-electron chi connectivity index (χ0n) is 17.1. The quantitative estimate of drug-likeness (QED) is 0.671. The number of fused-ring (bicyclic) bond motifs is 1. The van der Waals surface area contributed by atoms with E-state index in [-0.39, 0.29) is 24.8 Å². The van der Waals surface area contributed by atoms with Gasteiger partial charge in [0.2, 0.25) is 11.8 Å². The second-order valence-electron chi connectivity index (χ2n) is 7.06. The molecule has 0 saturated carbocycles. The molecule has 31 heavy (non-hydrogen) atoms. The molecule has 1 aliphatic heterocycles. The van der Waals surface area contributed by atoms with Crippen molar-refractivity contribution < 1.29 is 14.3 Å². The number of carbonyl (C=O) groups excluding carboxylic acids is 2. The van der Waals surface area contributed by atoms with Crippen LogP contribution in [0.2, 0.25) is 0 Å².